The van der Waals surface area contributed by atoms with Crippen molar-refractivity contribution in [3.8, 4) is 6.07 Å². The largest absolute Gasteiger partial charge is 0.388 e. The van der Waals surface area contributed by atoms with Gasteiger partial charge in [0, 0.05) is 18.7 Å². The third-order valence-corrected chi connectivity index (χ3v) is 6.05. The second-order valence-corrected chi connectivity index (χ2v) is 8.73. The Morgan fingerprint density at radius 2 is 1.60 bits per heavy atom. The average Bonchev–Trinajstić information content (AvgIpc) is 2.50. The molecule has 0 rings (SSSR count). The van der Waals surface area contributed by atoms with Crippen LogP contribution in [0.4, 0.5) is 0 Å². The Bertz CT molecular complexity index is 468. The topological polar surface area (TPSA) is 71.4 Å². The van der Waals surface area contributed by atoms with Crippen LogP contribution in [0.15, 0.2) is 11.0 Å². The predicted octanol–water partition coefficient (Wildman–Crippen LogP) is 6.12. The Balaban J connectivity index is 5.90. The molecule has 0 spiro atoms. The van der Waals surface area contributed by atoms with E-state index in [1.807, 2.05) is 27.7 Å². The van der Waals surface area contributed by atoms with Crippen molar-refractivity contribution in [1.29, 1.82) is 5.26 Å². The Hall–Kier alpha value is -0.820. The second kappa shape index (κ2) is 13.4. The zero-order valence-corrected chi connectivity index (χ0v) is 17.8. The fourth-order valence-electron chi connectivity index (χ4n) is 2.44. The minimum absolute atomic E-state index is 0.218. The minimum Gasteiger partial charge on any atom is -0.388 e. The average molecular weight is 372 g/mol. The molecule has 0 aliphatic carbocycles. The van der Waals surface area contributed by atoms with Gasteiger partial charge in [0.2, 0.25) is 0 Å². The van der Waals surface area contributed by atoms with Gasteiger partial charge in [0.1, 0.15) is 0 Å². The van der Waals surface area contributed by atoms with Gasteiger partial charge >= 0.3 is 7.60 Å². The van der Waals surface area contributed by atoms with Crippen molar-refractivity contribution in [3.63, 3.8) is 0 Å². The summed E-state index contributed by atoms with van der Waals surface area (Å²) in [5.41, 5.74) is 0.940. The molecule has 0 aromatic rings. The lowest BCUT2D eigenvalue weighted by Gasteiger charge is -2.27. The first-order valence-corrected chi connectivity index (χ1v) is 11.1. The summed E-state index contributed by atoms with van der Waals surface area (Å²) in [7, 11) is -3.45. The lowest BCUT2D eigenvalue weighted by Crippen LogP contribution is -2.19. The summed E-state index contributed by atoms with van der Waals surface area (Å²) in [6.07, 6.45) is 5.24. The Morgan fingerprint density at radius 1 is 1.04 bits per heavy atom. The van der Waals surface area contributed by atoms with Gasteiger partial charge in [-0.3, -0.25) is 4.57 Å². The van der Waals surface area contributed by atoms with Gasteiger partial charge in [-0.1, -0.05) is 26.7 Å². The van der Waals surface area contributed by atoms with Crippen LogP contribution in [-0.2, 0) is 13.6 Å². The van der Waals surface area contributed by atoms with Gasteiger partial charge in [-0.05, 0) is 53.4 Å². The van der Waals surface area contributed by atoms with Crippen LogP contribution in [0.1, 0.15) is 86.5 Å². The quantitative estimate of drug-likeness (QED) is 0.293. The van der Waals surface area contributed by atoms with Crippen molar-refractivity contribution in [2.45, 2.75) is 98.7 Å². The molecule has 0 saturated carbocycles. The van der Waals surface area contributed by atoms with Crippen molar-refractivity contribution in [2.75, 3.05) is 6.54 Å². The smallest absolute Gasteiger partial charge is 0.359 e. The fourth-order valence-corrected chi connectivity index (χ4v) is 4.76. The lowest BCUT2D eigenvalue weighted by molar-refractivity contribution is 0.146. The number of nitriles is 1. The maximum absolute atomic E-state index is 13.6. The van der Waals surface area contributed by atoms with Gasteiger partial charge in [0.15, 0.2) is 0 Å². The van der Waals surface area contributed by atoms with Gasteiger partial charge in [-0.2, -0.15) is 5.26 Å². The number of nitrogens with one attached hydrogen (secondary N) is 1. The molecule has 0 aromatic heterocycles. The van der Waals surface area contributed by atoms with E-state index in [1.54, 1.807) is 0 Å². The van der Waals surface area contributed by atoms with Crippen LogP contribution in [0.3, 0.4) is 0 Å². The van der Waals surface area contributed by atoms with Crippen LogP contribution >= 0.6 is 7.60 Å². The third-order valence-electron chi connectivity index (χ3n) is 3.50. The van der Waals surface area contributed by atoms with Crippen LogP contribution < -0.4 is 5.32 Å². The number of unbranched alkanes of at least 4 members (excludes halogenated alkanes) is 2. The summed E-state index contributed by atoms with van der Waals surface area (Å²) in [5.74, 6) is 0. The van der Waals surface area contributed by atoms with Crippen LogP contribution in [0.25, 0.3) is 0 Å². The van der Waals surface area contributed by atoms with E-state index in [0.29, 0.717) is 18.2 Å². The van der Waals surface area contributed by atoms with Gasteiger partial charge < -0.3 is 14.4 Å². The first-order valence-electron chi connectivity index (χ1n) is 9.60. The molecule has 1 N–H and O–H groups in total. The van der Waals surface area contributed by atoms with Crippen LogP contribution in [0.2, 0.25) is 0 Å². The van der Waals surface area contributed by atoms with E-state index in [9.17, 15) is 4.57 Å². The summed E-state index contributed by atoms with van der Waals surface area (Å²) in [4.78, 5) is 0. The van der Waals surface area contributed by atoms with E-state index in [0.717, 1.165) is 44.3 Å². The maximum Gasteiger partial charge on any atom is 0.359 e. The monoisotopic (exact) mass is 372 g/mol. The van der Waals surface area contributed by atoms with Crippen LogP contribution in [0, 0.1) is 11.3 Å². The SMILES string of the molecule is CCCCN/C(CCCC)=C(\CCC#N)P(=O)(OC(C)C)OC(C)C. The first kappa shape index (κ1) is 24.2. The molecule has 0 fully saturated rings. The molecule has 0 aliphatic rings. The van der Waals surface area contributed by atoms with Gasteiger partial charge in [-0.25, -0.2) is 0 Å². The molecule has 25 heavy (non-hydrogen) atoms. The standard InChI is InChI=1S/C19H37N2O3P/c1-7-9-12-18(21-15-10-8-2)19(13-11-14-20)25(22,23-16(3)4)24-17(5)6/h16-17,21H,7-13,15H2,1-6H3/b19-18+. The summed E-state index contributed by atoms with van der Waals surface area (Å²) in [6, 6.07) is 2.16. The molecule has 0 aliphatic heterocycles. The van der Waals surface area contributed by atoms with Crippen molar-refractivity contribution in [1.82, 2.24) is 5.32 Å². The molecule has 146 valence electrons. The normalized spacial score (nSPS) is 13.1. The fraction of sp³-hybridized carbons (Fsp3) is 0.842. The molecule has 0 saturated heterocycles. The van der Waals surface area contributed by atoms with Crippen LogP contribution in [0.5, 0.6) is 0 Å². The van der Waals surface area contributed by atoms with E-state index in [-0.39, 0.29) is 12.2 Å². The van der Waals surface area contributed by atoms with Crippen molar-refractivity contribution in [3.05, 3.63) is 11.0 Å². The summed E-state index contributed by atoms with van der Waals surface area (Å²) in [5, 5.41) is 13.2. The molecule has 0 aromatic carbocycles. The van der Waals surface area contributed by atoms with Gasteiger partial charge in [0.25, 0.3) is 0 Å². The van der Waals surface area contributed by atoms with E-state index in [1.165, 1.54) is 0 Å². The highest BCUT2D eigenvalue weighted by molar-refractivity contribution is 7.58. The Kier molecular flexibility index (Phi) is 13.0. The van der Waals surface area contributed by atoms with Crippen molar-refractivity contribution < 1.29 is 13.6 Å². The maximum atomic E-state index is 13.6. The number of nitrogens with zero attached hydrogens (tertiary/aromatic N) is 1. The molecule has 0 radical (unpaired) electrons. The number of hydrogen-bond acceptors (Lipinski definition) is 5. The first-order chi connectivity index (χ1) is 11.8. The number of hydrogen-bond donors (Lipinski definition) is 1. The van der Waals surface area contributed by atoms with E-state index < -0.39 is 7.60 Å². The molecule has 0 heterocycles. The summed E-state index contributed by atoms with van der Waals surface area (Å²) < 4.78 is 25.2. The summed E-state index contributed by atoms with van der Waals surface area (Å²) in [6.45, 7) is 12.5. The molecule has 5 nitrogen and oxygen atoms in total. The predicted molar refractivity (Wildman–Crippen MR) is 104 cm³/mol. The third kappa shape index (κ3) is 10.0. The highest BCUT2D eigenvalue weighted by Crippen LogP contribution is 2.60. The molecule has 0 unspecified atom stereocenters. The molecule has 0 amide bonds. The van der Waals surface area contributed by atoms with E-state index >= 15 is 0 Å². The number of rotatable bonds is 14. The van der Waals surface area contributed by atoms with Crippen molar-refractivity contribution >= 4 is 7.60 Å². The zero-order valence-electron chi connectivity index (χ0n) is 16.9. The Morgan fingerprint density at radius 3 is 2.04 bits per heavy atom. The van der Waals surface area contributed by atoms with Crippen LogP contribution in [-0.4, -0.2) is 18.8 Å². The molecular weight excluding hydrogens is 335 g/mol. The summed E-state index contributed by atoms with van der Waals surface area (Å²) >= 11 is 0. The highest BCUT2D eigenvalue weighted by Gasteiger charge is 2.35. The molecule has 0 atom stereocenters. The van der Waals surface area contributed by atoms with Gasteiger partial charge in [0.05, 0.1) is 23.6 Å². The highest BCUT2D eigenvalue weighted by atomic mass is 31.2. The minimum atomic E-state index is -3.45. The van der Waals surface area contributed by atoms with E-state index in [2.05, 4.69) is 25.2 Å². The molecule has 0 bridgehead atoms. The zero-order chi connectivity index (χ0) is 19.3. The lowest BCUT2D eigenvalue weighted by atomic mass is 10.1. The number of allylic oxidation sites excluding steroid dienone is 2. The second-order valence-electron chi connectivity index (χ2n) is 6.77. The van der Waals surface area contributed by atoms with Crippen molar-refractivity contribution in [2.24, 2.45) is 0 Å². The van der Waals surface area contributed by atoms with E-state index in [4.69, 9.17) is 14.3 Å². The Labute approximate surface area is 154 Å². The molecule has 6 heteroatoms. The molecular formula is C19H37N2O3P. The van der Waals surface area contributed by atoms with Gasteiger partial charge in [-0.15, -0.1) is 0 Å².